The summed E-state index contributed by atoms with van der Waals surface area (Å²) in [6.07, 6.45) is 26.8. The van der Waals surface area contributed by atoms with E-state index in [4.69, 9.17) is 0 Å². The number of fused-ring (bicyclic) bond motifs is 3. The summed E-state index contributed by atoms with van der Waals surface area (Å²) in [6, 6.07) is 18.1. The van der Waals surface area contributed by atoms with E-state index in [1.54, 1.807) is 51.4 Å². The molecule has 0 radical (unpaired) electrons. The number of allylic oxidation sites excluding steroid dienone is 4. The van der Waals surface area contributed by atoms with Gasteiger partial charge in [-0.15, -0.1) is 12.0 Å². The van der Waals surface area contributed by atoms with Crippen molar-refractivity contribution in [1.82, 2.24) is 0 Å². The van der Waals surface area contributed by atoms with E-state index in [9.17, 15) is 0 Å². The van der Waals surface area contributed by atoms with Crippen LogP contribution in [0.25, 0.3) is 11.1 Å². The molecule has 0 spiro atoms. The summed E-state index contributed by atoms with van der Waals surface area (Å²) in [5.74, 6) is 0. The van der Waals surface area contributed by atoms with E-state index in [0.717, 1.165) is 12.8 Å². The predicted octanol–water partition coefficient (Wildman–Crippen LogP) is 2.56. The molecule has 4 aliphatic carbocycles. The first kappa shape index (κ1) is 29.8. The van der Waals surface area contributed by atoms with E-state index in [1.807, 2.05) is 41.6 Å². The molecule has 0 aromatic heterocycles. The zero-order valence-electron chi connectivity index (χ0n) is 20.2. The van der Waals surface area contributed by atoms with E-state index < -0.39 is 0 Å². The molecule has 4 aliphatic rings. The van der Waals surface area contributed by atoms with Crippen molar-refractivity contribution in [2.75, 3.05) is 0 Å². The molecule has 0 heterocycles. The summed E-state index contributed by atoms with van der Waals surface area (Å²) in [5, 5.41) is 0. The zero-order valence-corrected chi connectivity index (χ0v) is 25.1. The molecule has 0 amide bonds. The molecule has 6 rings (SSSR count). The van der Waals surface area contributed by atoms with Gasteiger partial charge in [0.15, 0.2) is 0 Å². The van der Waals surface area contributed by atoms with Crippen molar-refractivity contribution in [3.63, 3.8) is 0 Å². The molecule has 4 heteroatoms. The van der Waals surface area contributed by atoms with Crippen LogP contribution in [-0.4, -0.2) is 5.43 Å². The molecule has 0 atom stereocenters. The average Bonchev–Trinajstić information content (AvgIpc) is 3.57. The van der Waals surface area contributed by atoms with Gasteiger partial charge in [0.05, 0.1) is 0 Å². The third kappa shape index (κ3) is 8.62. The van der Waals surface area contributed by atoms with E-state index in [-0.39, 0.29) is 30.2 Å². The Hall–Kier alpha value is -0.400. The molecular weight excluding hydrogens is 551 g/mol. The quantitative estimate of drug-likeness (QED) is 0.320. The molecule has 2 saturated carbocycles. The van der Waals surface area contributed by atoms with Gasteiger partial charge < -0.3 is 24.8 Å². The Kier molecular flexibility index (Phi) is 14.4. The molecule has 0 aliphatic heterocycles. The van der Waals surface area contributed by atoms with Gasteiger partial charge in [-0.3, -0.25) is 6.08 Å². The van der Waals surface area contributed by atoms with Crippen LogP contribution in [0.5, 0.6) is 0 Å². The third-order valence-corrected chi connectivity index (χ3v) is 16.2. The molecule has 0 bridgehead atoms. The minimum Gasteiger partial charge on any atom is -0.179 e. The second kappa shape index (κ2) is 16.4. The smallest absolute Gasteiger partial charge is 0.0253 e. The largest absolute Gasteiger partial charge is 0.179 e. The molecule has 0 unspecified atom stereocenters. The molecule has 0 saturated heterocycles. The Labute approximate surface area is 235 Å². The Morgan fingerprint density at radius 2 is 1.38 bits per heavy atom. The Balaban J connectivity index is 0.000000191. The minimum atomic E-state index is 0. The van der Waals surface area contributed by atoms with E-state index in [2.05, 4.69) is 54.6 Å². The SMILES string of the molecule is [C-]1=CC=CC1.[Cl-].[Cl-].[Zr+2]=[Si](C1CCCCC1)C1CCCCC1.[c-]1cccc2c1Cc1ccccc1-2. The Bertz CT molecular complexity index is 867. The van der Waals surface area contributed by atoms with Crippen molar-refractivity contribution in [3.05, 3.63) is 84.0 Å². The normalized spacial score (nSPS) is 18.2. The van der Waals surface area contributed by atoms with Gasteiger partial charge in [0.25, 0.3) is 0 Å². The van der Waals surface area contributed by atoms with Crippen LogP contribution in [-0.2, 0) is 29.8 Å². The third-order valence-electron chi connectivity index (χ3n) is 7.29. The topological polar surface area (TPSA) is 0 Å². The van der Waals surface area contributed by atoms with Crippen LogP contribution < -0.4 is 24.8 Å². The van der Waals surface area contributed by atoms with Gasteiger partial charge in [0, 0.05) is 0 Å². The van der Waals surface area contributed by atoms with E-state index >= 15 is 0 Å². The maximum Gasteiger partial charge on any atom is -0.0253 e. The fourth-order valence-corrected chi connectivity index (χ4v) is 12.5. The Morgan fingerprint density at radius 1 is 0.765 bits per heavy atom. The fourth-order valence-electron chi connectivity index (χ4n) is 5.50. The second-order valence-corrected chi connectivity index (χ2v) is 16.3. The molecule has 2 fully saturated rings. The van der Waals surface area contributed by atoms with Crippen LogP contribution in [0, 0.1) is 12.1 Å². The molecule has 0 nitrogen and oxygen atoms in total. The van der Waals surface area contributed by atoms with Gasteiger partial charge >= 0.3 is 104 Å². The van der Waals surface area contributed by atoms with Crippen molar-refractivity contribution in [1.29, 1.82) is 0 Å². The van der Waals surface area contributed by atoms with Gasteiger partial charge in [0.1, 0.15) is 0 Å². The second-order valence-electron chi connectivity index (χ2n) is 9.52. The number of hydrogen-bond donors (Lipinski definition) is 0. The Morgan fingerprint density at radius 3 is 1.94 bits per heavy atom. The number of halogens is 2. The summed E-state index contributed by atoms with van der Waals surface area (Å²) in [4.78, 5) is 0. The number of benzene rings is 2. The van der Waals surface area contributed by atoms with E-state index in [1.165, 1.54) is 46.2 Å². The van der Waals surface area contributed by atoms with Gasteiger partial charge in [0.2, 0.25) is 0 Å². The van der Waals surface area contributed by atoms with Crippen molar-refractivity contribution in [2.45, 2.75) is 88.1 Å². The van der Waals surface area contributed by atoms with Crippen LogP contribution in [0.4, 0.5) is 0 Å². The molecule has 2 aromatic rings. The van der Waals surface area contributed by atoms with Gasteiger partial charge in [-0.1, -0.05) is 35.4 Å². The first-order valence-electron chi connectivity index (χ1n) is 12.7. The van der Waals surface area contributed by atoms with Crippen LogP contribution in [0.15, 0.2) is 60.7 Å². The summed E-state index contributed by atoms with van der Waals surface area (Å²) in [7, 11) is 0. The molecule has 180 valence electrons. The maximum atomic E-state index is 3.30. The molecule has 34 heavy (non-hydrogen) atoms. The zero-order chi connectivity index (χ0) is 22.0. The number of rotatable bonds is 2. The van der Waals surface area contributed by atoms with Crippen LogP contribution in [0.2, 0.25) is 11.1 Å². The molecule has 2 aromatic carbocycles. The maximum absolute atomic E-state index is 3.30. The minimum absolute atomic E-state index is 0. The summed E-state index contributed by atoms with van der Waals surface area (Å²) in [6.45, 7) is 0. The fraction of sp³-hybridized carbons (Fsp3) is 0.467. The van der Waals surface area contributed by atoms with Crippen LogP contribution >= 0.6 is 0 Å². The van der Waals surface area contributed by atoms with Gasteiger partial charge in [-0.2, -0.15) is 35.9 Å². The molecular formula is C30H36Cl2SiZr-2. The van der Waals surface area contributed by atoms with Gasteiger partial charge in [-0.05, 0) is 6.42 Å². The predicted molar refractivity (Wildman–Crippen MR) is 135 cm³/mol. The van der Waals surface area contributed by atoms with Crippen molar-refractivity contribution in [3.8, 4) is 11.1 Å². The van der Waals surface area contributed by atoms with Crippen LogP contribution in [0.1, 0.15) is 81.8 Å². The monoisotopic (exact) mass is 584 g/mol. The van der Waals surface area contributed by atoms with Crippen molar-refractivity contribution < 1.29 is 48.1 Å². The molecule has 0 N–H and O–H groups in total. The summed E-state index contributed by atoms with van der Waals surface area (Å²) < 4.78 is 0. The standard InChI is InChI=1S/C13H9.C12H22Si.C5H5.2ClH.Zr/c1-3-7-12-10(5-1)9-11-6-2-4-8-13(11)12;1-3-7-11(8-4-1)13-12-9-5-2-6-10-12;1-2-4-5-3-1;;;/h1-5,7-8H,9H2;11-12H,1-10H2;1-3H,4H2;2*1H;/q-1;;-1;;;+2/p-2. The average molecular weight is 587 g/mol. The van der Waals surface area contributed by atoms with E-state index in [0.29, 0.717) is 0 Å². The summed E-state index contributed by atoms with van der Waals surface area (Å²) >= 11 is 1.95. The number of hydrogen-bond acceptors (Lipinski definition) is 0. The van der Waals surface area contributed by atoms with Crippen molar-refractivity contribution >= 4 is 5.43 Å². The summed E-state index contributed by atoms with van der Waals surface area (Å²) in [5.41, 5.74) is 8.07. The van der Waals surface area contributed by atoms with Gasteiger partial charge in [-0.25, -0.2) is 12.2 Å². The van der Waals surface area contributed by atoms with Crippen molar-refractivity contribution in [2.24, 2.45) is 0 Å². The van der Waals surface area contributed by atoms with Crippen LogP contribution in [0.3, 0.4) is 0 Å². The first-order valence-corrected chi connectivity index (χ1v) is 18.0. The first-order chi connectivity index (χ1) is 15.8.